The molecule has 3 aromatic carbocycles. The van der Waals surface area contributed by atoms with Crippen molar-refractivity contribution in [1.29, 1.82) is 5.26 Å². The topological polar surface area (TPSA) is 121 Å². The van der Waals surface area contributed by atoms with Crippen molar-refractivity contribution in [3.05, 3.63) is 108 Å². The molecule has 0 spiro atoms. The number of amides is 1. The van der Waals surface area contributed by atoms with Crippen molar-refractivity contribution in [2.75, 3.05) is 18.4 Å². The number of fused-ring (bicyclic) bond motifs is 1. The number of halogens is 1. The van der Waals surface area contributed by atoms with Crippen molar-refractivity contribution in [3.8, 4) is 28.5 Å². The van der Waals surface area contributed by atoms with Crippen molar-refractivity contribution in [2.45, 2.75) is 25.4 Å². The lowest BCUT2D eigenvalue weighted by Crippen LogP contribution is -2.38. The molecule has 8 nitrogen and oxygen atoms in total. The lowest BCUT2D eigenvalue weighted by molar-refractivity contribution is 0.0996. The van der Waals surface area contributed by atoms with Gasteiger partial charge in [-0.05, 0) is 42.2 Å². The molecular formula is C33H28FN7O. The van der Waals surface area contributed by atoms with E-state index in [0.717, 1.165) is 54.9 Å². The van der Waals surface area contributed by atoms with Crippen LogP contribution in [0.15, 0.2) is 85.1 Å². The Bertz CT molecular complexity index is 1790. The number of anilines is 1. The zero-order valence-electron chi connectivity index (χ0n) is 22.8. The average Bonchev–Trinajstić information content (AvgIpc) is 3.02. The van der Waals surface area contributed by atoms with E-state index in [1.165, 1.54) is 17.7 Å². The summed E-state index contributed by atoms with van der Waals surface area (Å²) < 4.78 is 14.6. The fraction of sp³-hybridized carbons (Fsp3) is 0.182. The largest absolute Gasteiger partial charge is 0.367 e. The lowest BCUT2D eigenvalue weighted by Gasteiger charge is -2.32. The summed E-state index contributed by atoms with van der Waals surface area (Å²) in [5.41, 5.74) is 10.4. The number of hydrogen-bond donors (Lipinski definition) is 2. The van der Waals surface area contributed by atoms with E-state index in [9.17, 15) is 9.18 Å². The number of likely N-dealkylation sites (tertiary alicyclic amines) is 1. The summed E-state index contributed by atoms with van der Waals surface area (Å²) in [7, 11) is 0. The normalized spacial score (nSPS) is 14.0. The van der Waals surface area contributed by atoms with E-state index in [0.29, 0.717) is 22.8 Å². The summed E-state index contributed by atoms with van der Waals surface area (Å²) in [4.78, 5) is 27.2. The highest BCUT2D eigenvalue weighted by molar-refractivity contribution is 5.99. The van der Waals surface area contributed by atoms with E-state index >= 15 is 0 Å². The summed E-state index contributed by atoms with van der Waals surface area (Å²) in [6, 6.07) is 27.0. The molecule has 0 unspecified atom stereocenters. The Labute approximate surface area is 242 Å². The Morgan fingerprint density at radius 2 is 1.76 bits per heavy atom. The van der Waals surface area contributed by atoms with E-state index < -0.39 is 11.7 Å². The maximum absolute atomic E-state index is 14.6. The van der Waals surface area contributed by atoms with Gasteiger partial charge >= 0.3 is 0 Å². The lowest BCUT2D eigenvalue weighted by atomic mass is 9.96. The SMILES string of the molecule is N#Cc1nccc(NC2CCN(Cc3ccc(-c4nc5cc(F)c(C(N)=O)cc5cc4-c4ccccc4)cc3)CC2)n1. The molecule has 1 saturated heterocycles. The van der Waals surface area contributed by atoms with Crippen LogP contribution in [0.5, 0.6) is 0 Å². The molecular weight excluding hydrogens is 529 g/mol. The van der Waals surface area contributed by atoms with E-state index in [1.807, 2.05) is 42.5 Å². The zero-order chi connectivity index (χ0) is 29.1. The first-order chi connectivity index (χ1) is 20.5. The number of rotatable bonds is 7. The third-order valence-corrected chi connectivity index (χ3v) is 7.58. The number of carbonyl (C=O) groups is 1. The number of nitrogens with two attached hydrogens (primary N) is 1. The fourth-order valence-electron chi connectivity index (χ4n) is 5.41. The van der Waals surface area contributed by atoms with Gasteiger partial charge in [-0.25, -0.2) is 19.3 Å². The second-order valence-corrected chi connectivity index (χ2v) is 10.4. The van der Waals surface area contributed by atoms with Crippen molar-refractivity contribution in [2.24, 2.45) is 5.73 Å². The number of piperidine rings is 1. The second kappa shape index (κ2) is 11.7. The van der Waals surface area contributed by atoms with Gasteiger partial charge in [-0.3, -0.25) is 9.69 Å². The molecule has 0 saturated carbocycles. The van der Waals surface area contributed by atoms with Crippen LogP contribution in [-0.4, -0.2) is 44.9 Å². The number of nitriles is 1. The molecule has 6 rings (SSSR count). The monoisotopic (exact) mass is 557 g/mol. The van der Waals surface area contributed by atoms with E-state index in [4.69, 9.17) is 16.0 Å². The van der Waals surface area contributed by atoms with Crippen molar-refractivity contribution >= 4 is 22.6 Å². The molecule has 1 amide bonds. The van der Waals surface area contributed by atoms with Gasteiger partial charge in [-0.15, -0.1) is 0 Å². The molecule has 208 valence electrons. The smallest absolute Gasteiger partial charge is 0.251 e. The fourth-order valence-corrected chi connectivity index (χ4v) is 5.41. The molecule has 42 heavy (non-hydrogen) atoms. The van der Waals surface area contributed by atoms with Crippen LogP contribution in [0.2, 0.25) is 0 Å². The minimum atomic E-state index is -0.809. The maximum Gasteiger partial charge on any atom is 0.251 e. The minimum absolute atomic E-state index is 0.151. The van der Waals surface area contributed by atoms with Crippen LogP contribution in [0, 0.1) is 17.1 Å². The summed E-state index contributed by atoms with van der Waals surface area (Å²) >= 11 is 0. The highest BCUT2D eigenvalue weighted by atomic mass is 19.1. The van der Waals surface area contributed by atoms with Gasteiger partial charge in [0.1, 0.15) is 17.7 Å². The molecule has 0 radical (unpaired) electrons. The van der Waals surface area contributed by atoms with Gasteiger partial charge in [0.25, 0.3) is 5.91 Å². The predicted octanol–water partition coefficient (Wildman–Crippen LogP) is 5.54. The van der Waals surface area contributed by atoms with Gasteiger partial charge < -0.3 is 11.1 Å². The number of benzene rings is 3. The molecule has 2 aromatic heterocycles. The summed E-state index contributed by atoms with van der Waals surface area (Å²) in [6.07, 6.45) is 3.54. The van der Waals surface area contributed by atoms with Crippen LogP contribution in [0.25, 0.3) is 33.3 Å². The third kappa shape index (κ3) is 5.80. The number of nitrogens with one attached hydrogen (secondary N) is 1. The van der Waals surface area contributed by atoms with E-state index in [-0.39, 0.29) is 11.4 Å². The number of aromatic nitrogens is 3. The van der Waals surface area contributed by atoms with Crippen LogP contribution in [0.3, 0.4) is 0 Å². The molecule has 9 heteroatoms. The predicted molar refractivity (Wildman–Crippen MR) is 160 cm³/mol. The summed E-state index contributed by atoms with van der Waals surface area (Å²) in [5, 5.41) is 13.1. The average molecular weight is 558 g/mol. The van der Waals surface area contributed by atoms with Crippen molar-refractivity contribution in [1.82, 2.24) is 19.9 Å². The summed E-state index contributed by atoms with van der Waals surface area (Å²) in [5.74, 6) is -0.640. The van der Waals surface area contributed by atoms with Gasteiger partial charge in [0.2, 0.25) is 5.82 Å². The number of nitrogens with zero attached hydrogens (tertiary/aromatic N) is 5. The van der Waals surface area contributed by atoms with Crippen molar-refractivity contribution < 1.29 is 9.18 Å². The van der Waals surface area contributed by atoms with Crippen molar-refractivity contribution in [3.63, 3.8) is 0 Å². The first kappa shape index (κ1) is 27.0. The van der Waals surface area contributed by atoms with Crippen LogP contribution in [-0.2, 0) is 6.54 Å². The third-order valence-electron chi connectivity index (χ3n) is 7.58. The molecule has 1 fully saturated rings. The van der Waals surface area contributed by atoms with E-state index in [2.05, 4.69) is 44.5 Å². The Morgan fingerprint density at radius 1 is 1.00 bits per heavy atom. The van der Waals surface area contributed by atoms with Gasteiger partial charge in [0.05, 0.1) is 16.8 Å². The Morgan fingerprint density at radius 3 is 2.48 bits per heavy atom. The molecule has 1 aliphatic heterocycles. The van der Waals surface area contributed by atoms with Crippen LogP contribution < -0.4 is 11.1 Å². The Hall–Kier alpha value is -5.20. The zero-order valence-corrected chi connectivity index (χ0v) is 22.8. The van der Waals surface area contributed by atoms with Crippen LogP contribution in [0.4, 0.5) is 10.2 Å². The molecule has 3 N–H and O–H groups in total. The van der Waals surface area contributed by atoms with Crippen LogP contribution in [0.1, 0.15) is 34.6 Å². The van der Waals surface area contributed by atoms with Gasteiger partial charge in [0, 0.05) is 54.5 Å². The molecule has 1 aliphatic rings. The maximum atomic E-state index is 14.6. The minimum Gasteiger partial charge on any atom is -0.367 e. The standard InChI is InChI=1S/C33H28FN7O/c34-28-18-29-24(17-27(28)33(36)42)16-26(22-4-2-1-3-5-22)32(39-29)23-8-6-21(7-9-23)20-41-14-11-25(12-15-41)38-30-10-13-37-31(19-35)40-30/h1-10,13,16-18,25H,11-12,14-15,20H2,(H2,36,42)(H,37,38,40). The molecule has 0 aliphatic carbocycles. The first-order valence-corrected chi connectivity index (χ1v) is 13.8. The highest BCUT2D eigenvalue weighted by Crippen LogP contribution is 2.34. The number of hydrogen-bond acceptors (Lipinski definition) is 7. The van der Waals surface area contributed by atoms with E-state index in [1.54, 1.807) is 12.3 Å². The highest BCUT2D eigenvalue weighted by Gasteiger charge is 2.20. The van der Waals surface area contributed by atoms with Gasteiger partial charge in [-0.1, -0.05) is 54.6 Å². The summed E-state index contributed by atoms with van der Waals surface area (Å²) in [6.45, 7) is 2.72. The molecule has 3 heterocycles. The second-order valence-electron chi connectivity index (χ2n) is 10.4. The number of carbonyl (C=O) groups excluding carboxylic acids is 1. The number of pyridine rings is 1. The molecule has 0 bridgehead atoms. The Balaban J connectivity index is 1.20. The quantitative estimate of drug-likeness (QED) is 0.269. The first-order valence-electron chi connectivity index (χ1n) is 13.8. The number of primary amides is 1. The Kier molecular flexibility index (Phi) is 7.54. The molecule has 0 atom stereocenters. The van der Waals surface area contributed by atoms with Crippen LogP contribution >= 0.6 is 0 Å². The van der Waals surface area contributed by atoms with Gasteiger partial charge in [-0.2, -0.15) is 5.26 Å². The molecule has 5 aromatic rings. The van der Waals surface area contributed by atoms with Gasteiger partial charge in [0.15, 0.2) is 0 Å².